The molecule has 108 valence electrons. The Morgan fingerprint density at radius 2 is 1.71 bits per heavy atom. The molecule has 4 heteroatoms. The summed E-state index contributed by atoms with van der Waals surface area (Å²) in [5.41, 5.74) is 1.03. The summed E-state index contributed by atoms with van der Waals surface area (Å²) in [6, 6.07) is 9.81. The van der Waals surface area contributed by atoms with Gasteiger partial charge in [-0.2, -0.15) is 0 Å². The second-order valence-electron chi connectivity index (χ2n) is 5.90. The van der Waals surface area contributed by atoms with Crippen molar-refractivity contribution in [2.24, 2.45) is 11.8 Å². The number of esters is 1. The van der Waals surface area contributed by atoms with Crippen LogP contribution in [0.3, 0.4) is 0 Å². The van der Waals surface area contributed by atoms with E-state index in [1.807, 2.05) is 42.5 Å². The second kappa shape index (κ2) is 4.81. The van der Waals surface area contributed by atoms with Crippen LogP contribution in [0, 0.1) is 11.8 Å². The Balaban J connectivity index is 1.61. The van der Waals surface area contributed by atoms with Crippen LogP contribution in [-0.2, 0) is 19.1 Å². The van der Waals surface area contributed by atoms with Gasteiger partial charge in [-0.25, -0.2) is 0 Å². The van der Waals surface area contributed by atoms with Crippen LogP contribution in [0.5, 0.6) is 0 Å². The van der Waals surface area contributed by atoms with Crippen molar-refractivity contribution in [3.63, 3.8) is 0 Å². The number of carbonyl (C=O) groups excluding carboxylic acids is 2. The Labute approximate surface area is 122 Å². The molecule has 0 N–H and O–H groups in total. The molecule has 0 saturated carbocycles. The standard InChI is InChI=1S/C17H16O4/c18-12-9-15(10-4-2-1-3-5-10)20-14-7-6-13-11(17(12)14)8-16(19)21-13/h1-7,11,13-15,17H,8-9H2/t11-,13-,14-,15-,17-/m0/s1. The van der Waals surface area contributed by atoms with Crippen molar-refractivity contribution in [2.75, 3.05) is 0 Å². The number of Topliss-reactive ketones (excluding diaryl/α,β-unsaturated/α-hetero) is 1. The SMILES string of the molecule is O=C1C[C@@H]2[C@H]3C(=O)C[C@@H](c4ccccc4)O[C@H]3C=C[C@@H]2O1. The fraction of sp³-hybridized carbons (Fsp3) is 0.412. The fourth-order valence-corrected chi connectivity index (χ4v) is 3.66. The Morgan fingerprint density at radius 3 is 2.52 bits per heavy atom. The average Bonchev–Trinajstić information content (AvgIpc) is 2.88. The summed E-state index contributed by atoms with van der Waals surface area (Å²) in [4.78, 5) is 24.0. The number of hydrogen-bond donors (Lipinski definition) is 0. The van der Waals surface area contributed by atoms with Crippen molar-refractivity contribution in [1.29, 1.82) is 0 Å². The van der Waals surface area contributed by atoms with Crippen LogP contribution in [0.25, 0.3) is 0 Å². The van der Waals surface area contributed by atoms with E-state index < -0.39 is 0 Å². The lowest BCUT2D eigenvalue weighted by molar-refractivity contribution is -0.149. The highest BCUT2D eigenvalue weighted by Crippen LogP contribution is 2.43. The highest BCUT2D eigenvalue weighted by atomic mass is 16.6. The Hall–Kier alpha value is -1.94. The molecule has 2 aliphatic heterocycles. The van der Waals surface area contributed by atoms with Crippen LogP contribution in [0.2, 0.25) is 0 Å². The van der Waals surface area contributed by atoms with E-state index in [0.29, 0.717) is 12.8 Å². The molecule has 3 aliphatic rings. The lowest BCUT2D eigenvalue weighted by atomic mass is 9.73. The second-order valence-corrected chi connectivity index (χ2v) is 5.90. The molecule has 5 atom stereocenters. The van der Waals surface area contributed by atoms with Crippen LogP contribution < -0.4 is 0 Å². The molecule has 2 saturated heterocycles. The Bertz CT molecular complexity index is 606. The molecular formula is C17H16O4. The first kappa shape index (κ1) is 12.8. The summed E-state index contributed by atoms with van der Waals surface area (Å²) in [5, 5.41) is 0. The normalized spacial score (nSPS) is 37.8. The van der Waals surface area contributed by atoms with Gasteiger partial charge in [0.2, 0.25) is 0 Å². The third-order valence-electron chi connectivity index (χ3n) is 4.65. The number of hydrogen-bond acceptors (Lipinski definition) is 4. The predicted molar refractivity (Wildman–Crippen MR) is 74.3 cm³/mol. The van der Waals surface area contributed by atoms with E-state index >= 15 is 0 Å². The van der Waals surface area contributed by atoms with Crippen LogP contribution >= 0.6 is 0 Å². The van der Waals surface area contributed by atoms with Crippen molar-refractivity contribution in [2.45, 2.75) is 31.2 Å². The number of carbonyl (C=O) groups is 2. The van der Waals surface area contributed by atoms with Crippen LogP contribution in [0.15, 0.2) is 42.5 Å². The molecule has 1 aliphatic carbocycles. The summed E-state index contributed by atoms with van der Waals surface area (Å²) in [5.74, 6) is -0.339. The smallest absolute Gasteiger partial charge is 0.306 e. The van der Waals surface area contributed by atoms with Crippen molar-refractivity contribution in [1.82, 2.24) is 0 Å². The monoisotopic (exact) mass is 284 g/mol. The van der Waals surface area contributed by atoms with Gasteiger partial charge in [0.05, 0.1) is 24.5 Å². The van der Waals surface area contributed by atoms with E-state index in [-0.39, 0.29) is 41.9 Å². The van der Waals surface area contributed by atoms with Crippen molar-refractivity contribution in [3.8, 4) is 0 Å². The van der Waals surface area contributed by atoms with Crippen molar-refractivity contribution < 1.29 is 19.1 Å². The van der Waals surface area contributed by atoms with Crippen molar-refractivity contribution >= 4 is 11.8 Å². The van der Waals surface area contributed by atoms with E-state index in [9.17, 15) is 9.59 Å². The maximum absolute atomic E-state index is 12.6. The molecule has 0 radical (unpaired) electrons. The molecular weight excluding hydrogens is 268 g/mol. The molecule has 1 aromatic rings. The minimum Gasteiger partial charge on any atom is -0.458 e. The number of ketones is 1. The first-order valence-electron chi connectivity index (χ1n) is 7.33. The lowest BCUT2D eigenvalue weighted by Crippen LogP contribution is -2.46. The van der Waals surface area contributed by atoms with Crippen LogP contribution in [0.1, 0.15) is 24.5 Å². The van der Waals surface area contributed by atoms with Gasteiger partial charge >= 0.3 is 5.97 Å². The fourth-order valence-electron chi connectivity index (χ4n) is 3.66. The summed E-state index contributed by atoms with van der Waals surface area (Å²) in [6.07, 6.45) is 3.76. The van der Waals surface area contributed by atoms with Gasteiger partial charge in [0.15, 0.2) is 0 Å². The highest BCUT2D eigenvalue weighted by molar-refractivity contribution is 5.85. The zero-order chi connectivity index (χ0) is 14.4. The van der Waals surface area contributed by atoms with Gasteiger partial charge in [-0.15, -0.1) is 0 Å². The number of benzene rings is 1. The van der Waals surface area contributed by atoms with E-state index in [4.69, 9.17) is 9.47 Å². The minimum absolute atomic E-state index is 0.0586. The quantitative estimate of drug-likeness (QED) is 0.586. The summed E-state index contributed by atoms with van der Waals surface area (Å²) < 4.78 is 11.4. The number of rotatable bonds is 1. The van der Waals surface area contributed by atoms with Gasteiger partial charge in [-0.1, -0.05) is 36.4 Å². The molecule has 0 unspecified atom stereocenters. The topological polar surface area (TPSA) is 52.6 Å². The molecule has 21 heavy (non-hydrogen) atoms. The first-order chi connectivity index (χ1) is 10.2. The zero-order valence-electron chi connectivity index (χ0n) is 11.5. The third kappa shape index (κ3) is 2.10. The lowest BCUT2D eigenvalue weighted by Gasteiger charge is -2.40. The van der Waals surface area contributed by atoms with Gasteiger partial charge in [0.1, 0.15) is 11.9 Å². The van der Waals surface area contributed by atoms with Crippen molar-refractivity contribution in [3.05, 3.63) is 48.0 Å². The van der Waals surface area contributed by atoms with Gasteiger partial charge in [-0.3, -0.25) is 9.59 Å². The predicted octanol–water partition coefficient (Wildman–Crippen LogP) is 2.20. The molecule has 0 spiro atoms. The molecule has 0 aromatic heterocycles. The first-order valence-corrected chi connectivity index (χ1v) is 7.33. The molecule has 4 rings (SSSR count). The molecule has 4 nitrogen and oxygen atoms in total. The molecule has 0 bridgehead atoms. The van der Waals surface area contributed by atoms with E-state index in [2.05, 4.69) is 0 Å². The summed E-state index contributed by atoms with van der Waals surface area (Å²) in [6.45, 7) is 0. The van der Waals surface area contributed by atoms with Gasteiger partial charge in [0.25, 0.3) is 0 Å². The van der Waals surface area contributed by atoms with Gasteiger partial charge in [0, 0.05) is 12.3 Å². The summed E-state index contributed by atoms with van der Waals surface area (Å²) >= 11 is 0. The Kier molecular flexibility index (Phi) is 2.93. The molecule has 2 fully saturated rings. The maximum Gasteiger partial charge on any atom is 0.306 e. The minimum atomic E-state index is -0.250. The van der Waals surface area contributed by atoms with E-state index in [1.165, 1.54) is 0 Å². The van der Waals surface area contributed by atoms with Gasteiger partial charge < -0.3 is 9.47 Å². The highest BCUT2D eigenvalue weighted by Gasteiger charge is 2.50. The van der Waals surface area contributed by atoms with E-state index in [0.717, 1.165) is 5.56 Å². The molecule has 2 heterocycles. The molecule has 0 amide bonds. The average molecular weight is 284 g/mol. The molecule has 1 aromatic carbocycles. The maximum atomic E-state index is 12.6. The van der Waals surface area contributed by atoms with Gasteiger partial charge in [-0.05, 0) is 11.6 Å². The largest absolute Gasteiger partial charge is 0.458 e. The number of ether oxygens (including phenoxy) is 2. The van der Waals surface area contributed by atoms with Crippen LogP contribution in [0.4, 0.5) is 0 Å². The van der Waals surface area contributed by atoms with Crippen LogP contribution in [-0.4, -0.2) is 24.0 Å². The summed E-state index contributed by atoms with van der Waals surface area (Å²) in [7, 11) is 0. The Morgan fingerprint density at radius 1 is 0.952 bits per heavy atom. The zero-order valence-corrected chi connectivity index (χ0v) is 11.5. The third-order valence-corrected chi connectivity index (χ3v) is 4.65. The van der Waals surface area contributed by atoms with E-state index in [1.54, 1.807) is 0 Å². The number of fused-ring (bicyclic) bond motifs is 3.